The molecule has 0 aliphatic carbocycles. The van der Waals surface area contributed by atoms with Crippen molar-refractivity contribution in [3.63, 3.8) is 0 Å². The van der Waals surface area contributed by atoms with Crippen LogP contribution in [0, 0.1) is 0 Å². The van der Waals surface area contributed by atoms with Gasteiger partial charge >= 0.3 is 0 Å². The van der Waals surface area contributed by atoms with E-state index in [1.54, 1.807) is 24.5 Å². The smallest absolute Gasteiger partial charge is 0.255 e. The largest absolute Gasteiger partial charge is 0.456 e. The number of pyridine rings is 1. The SMILES string of the molecule is Cl.O=C(Nc1ccccc1-c1cc2cc(CN3CCNCC3)ccc2o1)c1ccncc1. The molecule has 1 aliphatic rings. The van der Waals surface area contributed by atoms with Crippen molar-refractivity contribution in [1.82, 2.24) is 15.2 Å². The molecular weight excluding hydrogens is 424 g/mol. The third-order valence-corrected chi connectivity index (χ3v) is 5.58. The van der Waals surface area contributed by atoms with Crippen LogP contribution in [0.5, 0.6) is 0 Å². The van der Waals surface area contributed by atoms with Crippen LogP contribution in [0.25, 0.3) is 22.3 Å². The number of carbonyl (C=O) groups excluding carboxylic acids is 1. The number of hydrogen-bond donors (Lipinski definition) is 2. The number of rotatable bonds is 5. The van der Waals surface area contributed by atoms with Crippen molar-refractivity contribution in [3.8, 4) is 11.3 Å². The van der Waals surface area contributed by atoms with Gasteiger partial charge in [-0.25, -0.2) is 0 Å². The first-order valence-corrected chi connectivity index (χ1v) is 10.5. The number of fused-ring (bicyclic) bond motifs is 1. The van der Waals surface area contributed by atoms with E-state index in [1.807, 2.05) is 36.4 Å². The zero-order valence-electron chi connectivity index (χ0n) is 17.6. The van der Waals surface area contributed by atoms with Gasteiger partial charge in [-0.1, -0.05) is 18.2 Å². The van der Waals surface area contributed by atoms with E-state index < -0.39 is 0 Å². The molecule has 6 nitrogen and oxygen atoms in total. The highest BCUT2D eigenvalue weighted by atomic mass is 35.5. The number of benzene rings is 2. The molecule has 1 amide bonds. The van der Waals surface area contributed by atoms with Crippen LogP contribution in [-0.2, 0) is 6.54 Å². The lowest BCUT2D eigenvalue weighted by atomic mass is 10.1. The molecule has 0 unspecified atom stereocenters. The molecule has 4 aromatic rings. The van der Waals surface area contributed by atoms with Gasteiger partial charge in [0, 0.05) is 61.6 Å². The summed E-state index contributed by atoms with van der Waals surface area (Å²) in [4.78, 5) is 19.1. The average molecular weight is 449 g/mol. The summed E-state index contributed by atoms with van der Waals surface area (Å²) < 4.78 is 6.14. The molecule has 0 radical (unpaired) electrons. The van der Waals surface area contributed by atoms with E-state index in [0.717, 1.165) is 55.0 Å². The zero-order chi connectivity index (χ0) is 21.0. The molecule has 0 bridgehead atoms. The highest BCUT2D eigenvalue weighted by Crippen LogP contribution is 2.33. The highest BCUT2D eigenvalue weighted by Gasteiger charge is 2.15. The van der Waals surface area contributed by atoms with Crippen LogP contribution in [0.3, 0.4) is 0 Å². The Morgan fingerprint density at radius 2 is 1.81 bits per heavy atom. The summed E-state index contributed by atoms with van der Waals surface area (Å²) >= 11 is 0. The number of amides is 1. The fraction of sp³-hybridized carbons (Fsp3) is 0.200. The fourth-order valence-electron chi connectivity index (χ4n) is 3.96. The van der Waals surface area contributed by atoms with Crippen molar-refractivity contribution in [3.05, 3.63) is 84.2 Å². The standard InChI is InChI=1S/C25H24N4O2.ClH/c30-25(19-7-9-26-10-8-19)28-22-4-2-1-3-21(22)24-16-20-15-18(5-6-23(20)31-24)17-29-13-11-27-12-14-29;/h1-10,15-16,27H,11-14,17H2,(H,28,30);1H. The number of anilines is 1. The summed E-state index contributed by atoms with van der Waals surface area (Å²) in [6.45, 7) is 5.16. The predicted molar refractivity (Wildman–Crippen MR) is 129 cm³/mol. The molecule has 164 valence electrons. The van der Waals surface area contributed by atoms with Gasteiger partial charge in [-0.2, -0.15) is 0 Å². The molecular formula is C25H25ClN4O2. The Bertz CT molecular complexity index is 1200. The normalized spacial score (nSPS) is 14.1. The molecule has 2 aromatic carbocycles. The molecule has 1 aliphatic heterocycles. The van der Waals surface area contributed by atoms with Crippen molar-refractivity contribution in [2.24, 2.45) is 0 Å². The van der Waals surface area contributed by atoms with Gasteiger partial charge < -0.3 is 15.1 Å². The van der Waals surface area contributed by atoms with Crippen LogP contribution >= 0.6 is 12.4 Å². The van der Waals surface area contributed by atoms with E-state index in [9.17, 15) is 4.79 Å². The fourth-order valence-corrected chi connectivity index (χ4v) is 3.96. The molecule has 2 aromatic heterocycles. The Balaban J connectivity index is 0.00000245. The second kappa shape index (κ2) is 9.96. The molecule has 2 N–H and O–H groups in total. The monoisotopic (exact) mass is 448 g/mol. The van der Waals surface area contributed by atoms with Gasteiger partial charge in [0.05, 0.1) is 5.69 Å². The Kier molecular flexibility index (Phi) is 6.85. The van der Waals surface area contributed by atoms with E-state index in [1.165, 1.54) is 5.56 Å². The Morgan fingerprint density at radius 1 is 1.03 bits per heavy atom. The van der Waals surface area contributed by atoms with Crippen LogP contribution in [0.4, 0.5) is 5.69 Å². The second-order valence-corrected chi connectivity index (χ2v) is 7.74. The minimum atomic E-state index is -0.177. The number of halogens is 1. The Hall–Kier alpha value is -3.19. The van der Waals surface area contributed by atoms with Gasteiger partial charge in [-0.15, -0.1) is 12.4 Å². The summed E-state index contributed by atoms with van der Waals surface area (Å²) in [5.41, 5.74) is 4.25. The van der Waals surface area contributed by atoms with Crippen LogP contribution in [0.15, 0.2) is 77.5 Å². The number of nitrogens with zero attached hydrogens (tertiary/aromatic N) is 2. The number of furan rings is 1. The third-order valence-electron chi connectivity index (χ3n) is 5.58. The van der Waals surface area contributed by atoms with Gasteiger partial charge in [0.2, 0.25) is 0 Å². The molecule has 0 saturated carbocycles. The van der Waals surface area contributed by atoms with Crippen molar-refractivity contribution in [2.45, 2.75) is 6.54 Å². The van der Waals surface area contributed by atoms with Gasteiger partial charge in [-0.3, -0.25) is 14.7 Å². The van der Waals surface area contributed by atoms with Gasteiger partial charge in [0.25, 0.3) is 5.91 Å². The van der Waals surface area contributed by atoms with Gasteiger partial charge in [0.1, 0.15) is 11.3 Å². The Morgan fingerprint density at radius 3 is 2.62 bits per heavy atom. The third kappa shape index (κ3) is 4.83. The first-order valence-electron chi connectivity index (χ1n) is 10.5. The lowest BCUT2D eigenvalue weighted by Gasteiger charge is -2.27. The molecule has 0 atom stereocenters. The van der Waals surface area contributed by atoms with Gasteiger partial charge in [0.15, 0.2) is 0 Å². The lowest BCUT2D eigenvalue weighted by molar-refractivity contribution is 0.102. The van der Waals surface area contributed by atoms with Crippen LogP contribution in [-0.4, -0.2) is 42.0 Å². The quantitative estimate of drug-likeness (QED) is 0.468. The molecule has 7 heteroatoms. The number of nitrogens with one attached hydrogen (secondary N) is 2. The van der Waals surface area contributed by atoms with Crippen LogP contribution in [0.2, 0.25) is 0 Å². The summed E-state index contributed by atoms with van der Waals surface area (Å²) in [5.74, 6) is 0.559. The minimum Gasteiger partial charge on any atom is -0.456 e. The van der Waals surface area contributed by atoms with Gasteiger partial charge in [-0.05, 0) is 48.0 Å². The predicted octanol–water partition coefficient (Wildman–Crippen LogP) is 4.57. The van der Waals surface area contributed by atoms with E-state index in [0.29, 0.717) is 11.3 Å². The number of hydrogen-bond acceptors (Lipinski definition) is 5. The lowest BCUT2D eigenvalue weighted by Crippen LogP contribution is -2.42. The molecule has 5 rings (SSSR count). The van der Waals surface area contributed by atoms with E-state index in [2.05, 4.69) is 32.7 Å². The number of aromatic nitrogens is 1. The summed E-state index contributed by atoms with van der Waals surface area (Å²) in [5, 5.41) is 7.45. The topological polar surface area (TPSA) is 70.4 Å². The summed E-state index contributed by atoms with van der Waals surface area (Å²) in [6.07, 6.45) is 3.22. The summed E-state index contributed by atoms with van der Waals surface area (Å²) in [7, 11) is 0. The number of para-hydroxylation sites is 1. The number of carbonyl (C=O) groups is 1. The van der Waals surface area contributed by atoms with Crippen molar-refractivity contribution in [1.29, 1.82) is 0 Å². The maximum atomic E-state index is 12.6. The minimum absolute atomic E-state index is 0. The van der Waals surface area contributed by atoms with Crippen molar-refractivity contribution < 1.29 is 9.21 Å². The van der Waals surface area contributed by atoms with E-state index >= 15 is 0 Å². The zero-order valence-corrected chi connectivity index (χ0v) is 18.4. The van der Waals surface area contributed by atoms with E-state index in [4.69, 9.17) is 4.42 Å². The Labute approximate surface area is 193 Å². The maximum absolute atomic E-state index is 12.6. The van der Waals surface area contributed by atoms with Crippen molar-refractivity contribution >= 4 is 35.0 Å². The highest BCUT2D eigenvalue weighted by molar-refractivity contribution is 6.06. The molecule has 1 fully saturated rings. The van der Waals surface area contributed by atoms with Crippen LogP contribution in [0.1, 0.15) is 15.9 Å². The molecule has 0 spiro atoms. The molecule has 32 heavy (non-hydrogen) atoms. The van der Waals surface area contributed by atoms with Crippen molar-refractivity contribution in [2.75, 3.05) is 31.5 Å². The second-order valence-electron chi connectivity index (χ2n) is 7.74. The first-order chi connectivity index (χ1) is 15.3. The maximum Gasteiger partial charge on any atom is 0.255 e. The summed E-state index contributed by atoms with van der Waals surface area (Å²) in [6, 6.07) is 19.5. The van der Waals surface area contributed by atoms with E-state index in [-0.39, 0.29) is 18.3 Å². The molecule has 1 saturated heterocycles. The first kappa shape index (κ1) is 22.0. The average Bonchev–Trinajstić information content (AvgIpc) is 3.24. The van der Waals surface area contributed by atoms with Crippen LogP contribution < -0.4 is 10.6 Å². The number of piperazine rings is 1. The molecule has 3 heterocycles.